The van der Waals surface area contributed by atoms with Crippen molar-refractivity contribution in [3.05, 3.63) is 11.1 Å². The Kier molecular flexibility index (Phi) is 2.29. The maximum absolute atomic E-state index is 10.9. The minimum Gasteiger partial charge on any atom is -0.454 e. The normalized spacial score (nSPS) is 24.3. The molecule has 0 aromatic heterocycles. The number of carbonyl (C=O) groups excluding carboxylic acids is 1. The van der Waals surface area contributed by atoms with Gasteiger partial charge in [-0.25, -0.2) is 4.79 Å². The Hall–Kier alpha value is -0.830. The lowest BCUT2D eigenvalue weighted by molar-refractivity contribution is -0.140. The second-order valence-corrected chi connectivity index (χ2v) is 2.71. The highest BCUT2D eigenvalue weighted by molar-refractivity contribution is 5.91. The quantitative estimate of drug-likeness (QED) is 0.596. The zero-order valence-electron chi connectivity index (χ0n) is 6.76. The van der Waals surface area contributed by atoms with Crippen LogP contribution in [0.1, 0.15) is 20.3 Å². The number of aliphatic hydroxyl groups is 1. The van der Waals surface area contributed by atoms with Crippen LogP contribution < -0.4 is 0 Å². The minimum atomic E-state index is -0.249. The molecule has 3 nitrogen and oxygen atoms in total. The van der Waals surface area contributed by atoms with Crippen molar-refractivity contribution in [2.24, 2.45) is 0 Å². The molecular formula is C8H12O3. The van der Waals surface area contributed by atoms with Gasteiger partial charge < -0.3 is 9.84 Å². The van der Waals surface area contributed by atoms with Crippen molar-refractivity contribution >= 4 is 5.97 Å². The van der Waals surface area contributed by atoms with Gasteiger partial charge >= 0.3 is 5.97 Å². The van der Waals surface area contributed by atoms with Crippen molar-refractivity contribution in [3.8, 4) is 0 Å². The van der Waals surface area contributed by atoms with Gasteiger partial charge in [0.25, 0.3) is 0 Å². The van der Waals surface area contributed by atoms with Gasteiger partial charge in [0.05, 0.1) is 0 Å². The van der Waals surface area contributed by atoms with Crippen molar-refractivity contribution in [1.82, 2.24) is 0 Å². The van der Waals surface area contributed by atoms with E-state index in [1.165, 1.54) is 0 Å². The molecule has 1 N–H and O–H groups in total. The standard InChI is InChI=1S/C8H12O3/c1-5-6(2)8(10)11-7(5)3-4-9/h7,9H,3-4H2,1-2H3. The van der Waals surface area contributed by atoms with Gasteiger partial charge in [-0.2, -0.15) is 0 Å². The summed E-state index contributed by atoms with van der Waals surface area (Å²) in [6.45, 7) is 3.66. The lowest BCUT2D eigenvalue weighted by Gasteiger charge is -2.08. The zero-order chi connectivity index (χ0) is 8.43. The maximum Gasteiger partial charge on any atom is 0.334 e. The molecule has 0 aliphatic carbocycles. The monoisotopic (exact) mass is 156 g/mol. The molecule has 0 aromatic carbocycles. The van der Waals surface area contributed by atoms with Gasteiger partial charge in [0.2, 0.25) is 0 Å². The highest BCUT2D eigenvalue weighted by Gasteiger charge is 2.27. The van der Waals surface area contributed by atoms with E-state index in [4.69, 9.17) is 9.84 Å². The molecule has 0 amide bonds. The summed E-state index contributed by atoms with van der Waals surface area (Å²) in [5, 5.41) is 8.60. The topological polar surface area (TPSA) is 46.5 Å². The van der Waals surface area contributed by atoms with Crippen LogP contribution in [0.15, 0.2) is 11.1 Å². The van der Waals surface area contributed by atoms with Crippen molar-refractivity contribution in [2.75, 3.05) is 6.61 Å². The molecule has 1 unspecified atom stereocenters. The van der Waals surface area contributed by atoms with E-state index in [0.29, 0.717) is 12.0 Å². The molecule has 3 heteroatoms. The fraction of sp³-hybridized carbons (Fsp3) is 0.625. The largest absolute Gasteiger partial charge is 0.454 e. The van der Waals surface area contributed by atoms with Crippen molar-refractivity contribution < 1.29 is 14.6 Å². The summed E-state index contributed by atoms with van der Waals surface area (Å²) in [5.74, 6) is -0.249. The Bertz CT molecular complexity index is 205. The maximum atomic E-state index is 10.9. The summed E-state index contributed by atoms with van der Waals surface area (Å²) < 4.78 is 4.95. The van der Waals surface area contributed by atoms with Crippen molar-refractivity contribution in [1.29, 1.82) is 0 Å². The Labute approximate surface area is 65.7 Å². The first kappa shape index (κ1) is 8.27. The van der Waals surface area contributed by atoms with Gasteiger partial charge in [-0.3, -0.25) is 0 Å². The lowest BCUT2D eigenvalue weighted by atomic mass is 10.1. The van der Waals surface area contributed by atoms with Crippen LogP contribution in [-0.2, 0) is 9.53 Å². The van der Waals surface area contributed by atoms with Gasteiger partial charge in [0, 0.05) is 18.6 Å². The van der Waals surface area contributed by atoms with Crippen LogP contribution in [0.2, 0.25) is 0 Å². The second kappa shape index (κ2) is 3.05. The molecule has 0 saturated heterocycles. The summed E-state index contributed by atoms with van der Waals surface area (Å²) in [7, 11) is 0. The van der Waals surface area contributed by atoms with E-state index in [1.54, 1.807) is 6.92 Å². The first-order chi connectivity index (χ1) is 5.16. The third-order valence-corrected chi connectivity index (χ3v) is 2.02. The van der Waals surface area contributed by atoms with Crippen LogP contribution >= 0.6 is 0 Å². The SMILES string of the molecule is CC1=C(C)C(CCO)OC1=O. The van der Waals surface area contributed by atoms with Gasteiger partial charge in [-0.05, 0) is 19.4 Å². The summed E-state index contributed by atoms with van der Waals surface area (Å²) in [5.41, 5.74) is 1.63. The summed E-state index contributed by atoms with van der Waals surface area (Å²) in [6, 6.07) is 0. The van der Waals surface area contributed by atoms with Crippen LogP contribution in [0.25, 0.3) is 0 Å². The molecule has 1 aliphatic rings. The highest BCUT2D eigenvalue weighted by atomic mass is 16.5. The number of rotatable bonds is 2. The van der Waals surface area contributed by atoms with Crippen LogP contribution in [0.4, 0.5) is 0 Å². The first-order valence-corrected chi connectivity index (χ1v) is 3.66. The predicted octanol–water partition coefficient (Wildman–Crippen LogP) is 0.631. The van der Waals surface area contributed by atoms with E-state index < -0.39 is 0 Å². The van der Waals surface area contributed by atoms with Gasteiger partial charge in [-0.15, -0.1) is 0 Å². The molecule has 0 aromatic rings. The van der Waals surface area contributed by atoms with E-state index in [2.05, 4.69) is 0 Å². The molecule has 0 spiro atoms. The number of esters is 1. The van der Waals surface area contributed by atoms with Gasteiger partial charge in [0.1, 0.15) is 6.10 Å². The predicted molar refractivity (Wildman–Crippen MR) is 40.0 cm³/mol. The van der Waals surface area contributed by atoms with Crippen molar-refractivity contribution in [2.45, 2.75) is 26.4 Å². The van der Waals surface area contributed by atoms with E-state index in [1.807, 2.05) is 6.92 Å². The third-order valence-electron chi connectivity index (χ3n) is 2.02. The first-order valence-electron chi connectivity index (χ1n) is 3.66. The molecule has 11 heavy (non-hydrogen) atoms. The molecule has 0 radical (unpaired) electrons. The van der Waals surface area contributed by atoms with E-state index in [-0.39, 0.29) is 18.7 Å². The van der Waals surface area contributed by atoms with Crippen LogP contribution in [-0.4, -0.2) is 23.8 Å². The fourth-order valence-electron chi connectivity index (χ4n) is 1.10. The van der Waals surface area contributed by atoms with Crippen LogP contribution in [0.5, 0.6) is 0 Å². The van der Waals surface area contributed by atoms with E-state index in [9.17, 15) is 4.79 Å². The summed E-state index contributed by atoms with van der Waals surface area (Å²) in [6.07, 6.45) is 0.321. The molecule has 1 heterocycles. The molecule has 0 fully saturated rings. The molecule has 62 valence electrons. The fourth-order valence-corrected chi connectivity index (χ4v) is 1.10. The van der Waals surface area contributed by atoms with Crippen LogP contribution in [0.3, 0.4) is 0 Å². The summed E-state index contributed by atoms with van der Waals surface area (Å²) >= 11 is 0. The average Bonchev–Trinajstić information content (AvgIpc) is 2.19. The Morgan fingerprint density at radius 1 is 1.55 bits per heavy atom. The number of hydrogen-bond donors (Lipinski definition) is 1. The average molecular weight is 156 g/mol. The number of cyclic esters (lactones) is 1. The highest BCUT2D eigenvalue weighted by Crippen LogP contribution is 2.23. The molecule has 0 saturated carbocycles. The molecule has 1 aliphatic heterocycles. The lowest BCUT2D eigenvalue weighted by Crippen LogP contribution is -2.12. The Morgan fingerprint density at radius 3 is 2.55 bits per heavy atom. The smallest absolute Gasteiger partial charge is 0.334 e. The molecule has 1 rings (SSSR count). The minimum absolute atomic E-state index is 0.0581. The number of carbonyl (C=O) groups is 1. The van der Waals surface area contributed by atoms with Gasteiger partial charge in [0.15, 0.2) is 0 Å². The van der Waals surface area contributed by atoms with E-state index in [0.717, 1.165) is 5.57 Å². The molecule has 1 atom stereocenters. The number of hydrogen-bond acceptors (Lipinski definition) is 3. The Morgan fingerprint density at radius 2 is 2.18 bits per heavy atom. The summed E-state index contributed by atoms with van der Waals surface area (Å²) in [4.78, 5) is 10.9. The van der Waals surface area contributed by atoms with Crippen LogP contribution in [0, 0.1) is 0 Å². The molecular weight excluding hydrogens is 144 g/mol. The second-order valence-electron chi connectivity index (χ2n) is 2.71. The zero-order valence-corrected chi connectivity index (χ0v) is 6.76. The third kappa shape index (κ3) is 1.43. The number of ether oxygens (including phenoxy) is 1. The molecule has 0 bridgehead atoms. The van der Waals surface area contributed by atoms with E-state index >= 15 is 0 Å². The number of aliphatic hydroxyl groups excluding tert-OH is 1. The van der Waals surface area contributed by atoms with Gasteiger partial charge in [-0.1, -0.05) is 0 Å². The Balaban J connectivity index is 2.69. The van der Waals surface area contributed by atoms with Crippen molar-refractivity contribution in [3.63, 3.8) is 0 Å².